The van der Waals surface area contributed by atoms with E-state index in [0.717, 1.165) is 0 Å². The van der Waals surface area contributed by atoms with Crippen LogP contribution in [0.2, 0.25) is 0 Å². The van der Waals surface area contributed by atoms with Crippen molar-refractivity contribution in [3.05, 3.63) is 0 Å². The highest BCUT2D eigenvalue weighted by molar-refractivity contribution is 5.77. The van der Waals surface area contributed by atoms with Gasteiger partial charge in [0.15, 0.2) is 0 Å². The molecule has 0 heterocycles. The minimum absolute atomic E-state index is 0.344. The summed E-state index contributed by atoms with van der Waals surface area (Å²) in [7, 11) is 0. The normalized spacial score (nSPS) is 38.8. The number of aliphatic hydroxyl groups is 1. The Morgan fingerprint density at radius 3 is 2.40 bits per heavy atom. The summed E-state index contributed by atoms with van der Waals surface area (Å²) in [6, 6.07) is -0.366. The third kappa shape index (κ3) is 0.726. The van der Waals surface area contributed by atoms with Gasteiger partial charge in [0, 0.05) is 6.04 Å². The largest absolute Gasteiger partial charge is 0.481 e. The fourth-order valence-corrected chi connectivity index (χ4v) is 1.19. The minimum Gasteiger partial charge on any atom is -0.481 e. The molecule has 0 saturated heterocycles. The predicted molar refractivity (Wildman–Crippen MR) is 34.4 cm³/mol. The van der Waals surface area contributed by atoms with Crippen LogP contribution in [-0.2, 0) is 4.79 Å². The van der Waals surface area contributed by atoms with E-state index in [4.69, 9.17) is 15.9 Å². The number of carbonyl (C=O) groups is 1. The van der Waals surface area contributed by atoms with Gasteiger partial charge in [-0.1, -0.05) is 0 Å². The van der Waals surface area contributed by atoms with E-state index in [2.05, 4.69) is 0 Å². The lowest BCUT2D eigenvalue weighted by Crippen LogP contribution is -2.57. The van der Waals surface area contributed by atoms with Crippen LogP contribution in [0, 0.1) is 5.41 Å². The van der Waals surface area contributed by atoms with Crippen LogP contribution in [0.25, 0.3) is 0 Å². The maximum Gasteiger partial charge on any atom is 0.313 e. The lowest BCUT2D eigenvalue weighted by Gasteiger charge is -2.42. The van der Waals surface area contributed by atoms with E-state index >= 15 is 0 Å². The second-order valence-corrected chi connectivity index (χ2v) is 2.76. The molecule has 0 unspecified atom stereocenters. The van der Waals surface area contributed by atoms with Gasteiger partial charge in [-0.2, -0.15) is 0 Å². The summed E-state index contributed by atoms with van der Waals surface area (Å²) in [6.07, 6.45) is 1.20. The van der Waals surface area contributed by atoms with E-state index in [1.54, 1.807) is 0 Å². The van der Waals surface area contributed by atoms with E-state index < -0.39 is 11.4 Å². The number of carboxylic acid groups (broad SMARTS) is 1. The molecular formula is C6H11NO3. The van der Waals surface area contributed by atoms with E-state index in [9.17, 15) is 4.79 Å². The number of aliphatic carboxylic acids is 1. The Morgan fingerprint density at radius 1 is 1.80 bits per heavy atom. The fourth-order valence-electron chi connectivity index (χ4n) is 1.19. The van der Waals surface area contributed by atoms with Crippen molar-refractivity contribution in [1.82, 2.24) is 0 Å². The van der Waals surface area contributed by atoms with Crippen molar-refractivity contribution in [3.63, 3.8) is 0 Å². The van der Waals surface area contributed by atoms with Gasteiger partial charge in [0.1, 0.15) is 5.41 Å². The van der Waals surface area contributed by atoms with Crippen molar-refractivity contribution in [3.8, 4) is 0 Å². The first-order chi connectivity index (χ1) is 4.63. The summed E-state index contributed by atoms with van der Waals surface area (Å²) in [5, 5.41) is 17.3. The fraction of sp³-hybridized carbons (Fsp3) is 0.833. The molecule has 4 nitrogen and oxygen atoms in total. The lowest BCUT2D eigenvalue weighted by atomic mass is 9.65. The van der Waals surface area contributed by atoms with Gasteiger partial charge in [-0.3, -0.25) is 4.79 Å². The van der Waals surface area contributed by atoms with E-state index in [1.807, 2.05) is 0 Å². The molecule has 4 heteroatoms. The van der Waals surface area contributed by atoms with Crippen molar-refractivity contribution in [2.75, 3.05) is 6.61 Å². The molecule has 4 N–H and O–H groups in total. The number of rotatable bonds is 2. The number of carboxylic acids is 1. The SMILES string of the molecule is N[C@@H]1CC[C@]1(CO)C(=O)O. The maximum atomic E-state index is 10.5. The van der Waals surface area contributed by atoms with Crippen LogP contribution < -0.4 is 5.73 Å². The molecule has 0 aromatic rings. The van der Waals surface area contributed by atoms with E-state index in [1.165, 1.54) is 0 Å². The van der Waals surface area contributed by atoms with Gasteiger partial charge >= 0.3 is 5.97 Å². The molecule has 1 fully saturated rings. The summed E-state index contributed by atoms with van der Waals surface area (Å²) < 4.78 is 0. The Bertz CT molecular complexity index is 155. The van der Waals surface area contributed by atoms with Crippen LogP contribution in [0.4, 0.5) is 0 Å². The molecule has 1 aliphatic rings. The molecule has 0 spiro atoms. The third-order valence-corrected chi connectivity index (χ3v) is 2.32. The van der Waals surface area contributed by atoms with Gasteiger partial charge in [-0.25, -0.2) is 0 Å². The predicted octanol–water partition coefficient (Wildman–Crippen LogP) is -0.829. The van der Waals surface area contributed by atoms with Gasteiger partial charge in [0.2, 0.25) is 0 Å². The van der Waals surface area contributed by atoms with Gasteiger partial charge in [0.05, 0.1) is 6.61 Å². The quantitative estimate of drug-likeness (QED) is 0.473. The van der Waals surface area contributed by atoms with Crippen molar-refractivity contribution < 1.29 is 15.0 Å². The van der Waals surface area contributed by atoms with E-state index in [-0.39, 0.29) is 12.6 Å². The van der Waals surface area contributed by atoms with Crippen LogP contribution in [0.3, 0.4) is 0 Å². The van der Waals surface area contributed by atoms with Crippen molar-refractivity contribution in [2.24, 2.45) is 11.1 Å². The monoisotopic (exact) mass is 145 g/mol. The van der Waals surface area contributed by atoms with E-state index in [0.29, 0.717) is 12.8 Å². The molecule has 1 aliphatic carbocycles. The molecule has 0 aromatic heterocycles. The number of hydrogen-bond donors (Lipinski definition) is 3. The second kappa shape index (κ2) is 2.21. The number of nitrogens with two attached hydrogens (primary N) is 1. The summed E-state index contributed by atoms with van der Waals surface area (Å²) in [5.41, 5.74) is 4.40. The zero-order valence-electron chi connectivity index (χ0n) is 5.58. The van der Waals surface area contributed by atoms with Gasteiger partial charge in [0.25, 0.3) is 0 Å². The summed E-state index contributed by atoms with van der Waals surface area (Å²) in [4.78, 5) is 10.5. The molecule has 1 saturated carbocycles. The minimum atomic E-state index is -1.03. The molecule has 2 atom stereocenters. The molecule has 0 aliphatic heterocycles. The molecule has 0 aromatic carbocycles. The molecule has 10 heavy (non-hydrogen) atoms. The summed E-state index contributed by atoms with van der Waals surface area (Å²) >= 11 is 0. The first-order valence-electron chi connectivity index (χ1n) is 3.23. The zero-order valence-corrected chi connectivity index (χ0v) is 5.58. The van der Waals surface area contributed by atoms with Gasteiger partial charge < -0.3 is 15.9 Å². The Labute approximate surface area is 58.6 Å². The number of hydrogen-bond acceptors (Lipinski definition) is 3. The van der Waals surface area contributed by atoms with Gasteiger partial charge in [-0.05, 0) is 12.8 Å². The highest BCUT2D eigenvalue weighted by Gasteiger charge is 2.50. The summed E-state index contributed by atoms with van der Waals surface area (Å²) in [6.45, 7) is -0.344. The topological polar surface area (TPSA) is 83.5 Å². The molecule has 0 amide bonds. The van der Waals surface area contributed by atoms with Crippen molar-refractivity contribution >= 4 is 5.97 Å². The zero-order chi connectivity index (χ0) is 7.78. The molecular weight excluding hydrogens is 134 g/mol. The van der Waals surface area contributed by atoms with Crippen molar-refractivity contribution in [1.29, 1.82) is 0 Å². The average Bonchev–Trinajstić information content (AvgIpc) is 1.86. The van der Waals surface area contributed by atoms with Crippen LogP contribution in [0.15, 0.2) is 0 Å². The van der Waals surface area contributed by atoms with Crippen LogP contribution >= 0.6 is 0 Å². The second-order valence-electron chi connectivity index (χ2n) is 2.76. The Hall–Kier alpha value is -0.610. The standard InChI is InChI=1S/C6H11NO3/c7-4-1-2-6(4,3-8)5(9)10/h4,8H,1-3,7H2,(H,9,10)/t4-,6-/m1/s1. The van der Waals surface area contributed by atoms with Gasteiger partial charge in [-0.15, -0.1) is 0 Å². The maximum absolute atomic E-state index is 10.5. The molecule has 1 rings (SSSR count). The van der Waals surface area contributed by atoms with Crippen LogP contribution in [0.1, 0.15) is 12.8 Å². The molecule has 0 radical (unpaired) electrons. The highest BCUT2D eigenvalue weighted by atomic mass is 16.4. The third-order valence-electron chi connectivity index (χ3n) is 2.32. The Balaban J connectivity index is 2.69. The molecule has 0 bridgehead atoms. The Morgan fingerprint density at radius 2 is 2.40 bits per heavy atom. The summed E-state index contributed by atoms with van der Waals surface area (Å²) in [5.74, 6) is -0.978. The average molecular weight is 145 g/mol. The first-order valence-corrected chi connectivity index (χ1v) is 3.23. The van der Waals surface area contributed by atoms with Crippen LogP contribution in [0.5, 0.6) is 0 Å². The lowest BCUT2D eigenvalue weighted by molar-refractivity contribution is -0.160. The Kier molecular flexibility index (Phi) is 1.66. The van der Waals surface area contributed by atoms with Crippen LogP contribution in [-0.4, -0.2) is 28.8 Å². The highest BCUT2D eigenvalue weighted by Crippen LogP contribution is 2.39. The first kappa shape index (κ1) is 7.50. The number of aliphatic hydroxyl groups excluding tert-OH is 1. The smallest absolute Gasteiger partial charge is 0.313 e. The molecule has 58 valence electrons. The van der Waals surface area contributed by atoms with Crippen molar-refractivity contribution in [2.45, 2.75) is 18.9 Å².